The molecular weight excluding hydrogens is 332 g/mol. The number of phenols is 1. The molecule has 0 aromatic heterocycles. The summed E-state index contributed by atoms with van der Waals surface area (Å²) < 4.78 is 6.72. The molecule has 0 radical (unpaired) electrons. The number of allylic oxidation sites excluding steroid dienone is 2. The lowest BCUT2D eigenvalue weighted by Crippen LogP contribution is -2.49. The van der Waals surface area contributed by atoms with Crippen molar-refractivity contribution in [2.45, 2.75) is 101 Å². The fraction of sp³-hybridized carbons (Fsp3) is 0.680. The average molecular weight is 373 g/mol. The summed E-state index contributed by atoms with van der Waals surface area (Å²) in [6.45, 7) is 22.1. The fourth-order valence-corrected chi connectivity index (χ4v) is 3.94. The summed E-state index contributed by atoms with van der Waals surface area (Å²) in [5.41, 5.74) is 5.74. The predicted octanol–water partition coefficient (Wildman–Crippen LogP) is 7.20. The van der Waals surface area contributed by atoms with Gasteiger partial charge in [-0.25, -0.2) is 0 Å². The minimum Gasteiger partial charge on any atom is -0.507 e. The molecule has 0 bridgehead atoms. The van der Waals surface area contributed by atoms with E-state index in [9.17, 15) is 5.11 Å². The van der Waals surface area contributed by atoms with Gasteiger partial charge in [0.15, 0.2) is 0 Å². The Kier molecular flexibility index (Phi) is 5.82. The van der Waals surface area contributed by atoms with Crippen LogP contribution >= 0.6 is 0 Å². The van der Waals surface area contributed by atoms with Crippen molar-refractivity contribution >= 4 is 0 Å². The van der Waals surface area contributed by atoms with Crippen molar-refractivity contribution in [3.8, 4) is 11.5 Å². The molecule has 2 heteroatoms. The van der Waals surface area contributed by atoms with Gasteiger partial charge < -0.3 is 9.84 Å². The highest BCUT2D eigenvalue weighted by molar-refractivity contribution is 5.58. The molecule has 1 aliphatic rings. The van der Waals surface area contributed by atoms with Crippen molar-refractivity contribution in [3.05, 3.63) is 33.9 Å². The van der Waals surface area contributed by atoms with Crippen LogP contribution in [0.15, 0.2) is 11.6 Å². The minimum absolute atomic E-state index is 0.0610. The molecular formula is C25H40O2. The van der Waals surface area contributed by atoms with Crippen LogP contribution in [0.3, 0.4) is 0 Å². The van der Waals surface area contributed by atoms with Crippen LogP contribution in [0.5, 0.6) is 11.5 Å². The van der Waals surface area contributed by atoms with E-state index < -0.39 is 0 Å². The SMILES string of the molecule is CC(=CCCC(C)(C)C1(C)CCc2c(C)c(O)c(C)c(C)c2O1)C(C)(C)C. The number of rotatable bonds is 4. The van der Waals surface area contributed by atoms with Crippen LogP contribution in [0, 0.1) is 31.6 Å². The van der Waals surface area contributed by atoms with E-state index in [0.29, 0.717) is 5.75 Å². The highest BCUT2D eigenvalue weighted by Gasteiger charge is 2.45. The van der Waals surface area contributed by atoms with Gasteiger partial charge in [0.05, 0.1) is 0 Å². The van der Waals surface area contributed by atoms with Crippen molar-refractivity contribution < 1.29 is 9.84 Å². The van der Waals surface area contributed by atoms with Crippen LogP contribution in [0.1, 0.15) is 90.0 Å². The third kappa shape index (κ3) is 4.05. The van der Waals surface area contributed by atoms with Crippen LogP contribution in [0.4, 0.5) is 0 Å². The second-order valence-electron chi connectivity index (χ2n) is 10.4. The molecule has 0 fully saturated rings. The van der Waals surface area contributed by atoms with Crippen molar-refractivity contribution in [2.24, 2.45) is 10.8 Å². The first-order chi connectivity index (χ1) is 12.2. The van der Waals surface area contributed by atoms with E-state index in [1.54, 1.807) is 0 Å². The predicted molar refractivity (Wildman–Crippen MR) is 116 cm³/mol. The van der Waals surface area contributed by atoms with Gasteiger partial charge in [0.1, 0.15) is 17.1 Å². The molecule has 0 saturated carbocycles. The minimum atomic E-state index is -0.204. The summed E-state index contributed by atoms with van der Waals surface area (Å²) in [4.78, 5) is 0. The van der Waals surface area contributed by atoms with Gasteiger partial charge in [0.2, 0.25) is 0 Å². The lowest BCUT2D eigenvalue weighted by atomic mass is 9.68. The van der Waals surface area contributed by atoms with E-state index in [1.807, 2.05) is 13.8 Å². The molecule has 27 heavy (non-hydrogen) atoms. The van der Waals surface area contributed by atoms with E-state index in [4.69, 9.17) is 4.74 Å². The van der Waals surface area contributed by atoms with Crippen LogP contribution in [-0.2, 0) is 6.42 Å². The zero-order chi connectivity index (χ0) is 20.8. The summed E-state index contributed by atoms with van der Waals surface area (Å²) >= 11 is 0. The van der Waals surface area contributed by atoms with Crippen molar-refractivity contribution in [2.75, 3.05) is 0 Å². The van der Waals surface area contributed by atoms with Crippen molar-refractivity contribution in [1.29, 1.82) is 0 Å². The molecule has 0 saturated heterocycles. The maximum Gasteiger partial charge on any atom is 0.127 e. The molecule has 152 valence electrons. The normalized spacial score (nSPS) is 21.0. The van der Waals surface area contributed by atoms with Gasteiger partial charge in [-0.3, -0.25) is 0 Å². The lowest BCUT2D eigenvalue weighted by Gasteiger charge is -2.48. The highest BCUT2D eigenvalue weighted by Crippen LogP contribution is 2.49. The maximum absolute atomic E-state index is 10.4. The Morgan fingerprint density at radius 2 is 1.67 bits per heavy atom. The molecule has 1 N–H and O–H groups in total. The average Bonchev–Trinajstić information content (AvgIpc) is 2.56. The number of ether oxygens (including phenoxy) is 1. The second kappa shape index (κ2) is 7.18. The number of aromatic hydroxyl groups is 1. The molecule has 1 aliphatic heterocycles. The van der Waals surface area contributed by atoms with Gasteiger partial charge in [-0.1, -0.05) is 46.3 Å². The molecule has 1 heterocycles. The van der Waals surface area contributed by atoms with Gasteiger partial charge in [0, 0.05) is 11.0 Å². The lowest BCUT2D eigenvalue weighted by molar-refractivity contribution is -0.0480. The van der Waals surface area contributed by atoms with Crippen molar-refractivity contribution in [3.63, 3.8) is 0 Å². The first-order valence-corrected chi connectivity index (χ1v) is 10.4. The number of hydrogen-bond donors (Lipinski definition) is 1. The summed E-state index contributed by atoms with van der Waals surface area (Å²) in [5, 5.41) is 10.4. The number of benzene rings is 1. The van der Waals surface area contributed by atoms with Crippen LogP contribution in [0.25, 0.3) is 0 Å². The Bertz CT molecular complexity index is 747. The van der Waals surface area contributed by atoms with E-state index in [2.05, 4.69) is 61.5 Å². The van der Waals surface area contributed by atoms with Gasteiger partial charge in [-0.15, -0.1) is 0 Å². The van der Waals surface area contributed by atoms with Crippen LogP contribution in [0.2, 0.25) is 0 Å². The second-order valence-corrected chi connectivity index (χ2v) is 10.4. The number of hydrogen-bond acceptors (Lipinski definition) is 2. The van der Waals surface area contributed by atoms with Gasteiger partial charge in [-0.05, 0) is 82.4 Å². The van der Waals surface area contributed by atoms with Crippen LogP contribution < -0.4 is 4.74 Å². The summed E-state index contributed by atoms with van der Waals surface area (Å²) in [6, 6.07) is 0. The van der Waals surface area contributed by atoms with E-state index in [0.717, 1.165) is 48.1 Å². The largest absolute Gasteiger partial charge is 0.507 e. The smallest absolute Gasteiger partial charge is 0.127 e. The molecule has 1 atom stereocenters. The van der Waals surface area contributed by atoms with Gasteiger partial charge >= 0.3 is 0 Å². The Morgan fingerprint density at radius 3 is 2.22 bits per heavy atom. The van der Waals surface area contributed by atoms with Gasteiger partial charge in [0.25, 0.3) is 0 Å². The number of fused-ring (bicyclic) bond motifs is 1. The zero-order valence-corrected chi connectivity index (χ0v) is 19.3. The molecule has 1 aromatic rings. The Labute approximate surface area is 167 Å². The molecule has 1 unspecified atom stereocenters. The quantitative estimate of drug-likeness (QED) is 0.566. The van der Waals surface area contributed by atoms with Crippen molar-refractivity contribution in [1.82, 2.24) is 0 Å². The molecule has 2 rings (SSSR count). The molecule has 0 amide bonds. The molecule has 0 aliphatic carbocycles. The number of phenolic OH excluding ortho intramolecular Hbond substituents is 1. The first kappa shape index (κ1) is 21.9. The Morgan fingerprint density at radius 1 is 1.07 bits per heavy atom. The molecule has 2 nitrogen and oxygen atoms in total. The highest BCUT2D eigenvalue weighted by atomic mass is 16.5. The monoisotopic (exact) mass is 372 g/mol. The Balaban J connectivity index is 2.27. The third-order valence-electron chi connectivity index (χ3n) is 7.35. The zero-order valence-electron chi connectivity index (χ0n) is 19.3. The summed E-state index contributed by atoms with van der Waals surface area (Å²) in [6.07, 6.45) is 6.53. The maximum atomic E-state index is 10.4. The van der Waals surface area contributed by atoms with E-state index in [1.165, 1.54) is 11.1 Å². The molecule has 1 aromatic carbocycles. The van der Waals surface area contributed by atoms with E-state index in [-0.39, 0.29) is 16.4 Å². The first-order valence-electron chi connectivity index (χ1n) is 10.4. The Hall–Kier alpha value is -1.44. The fourth-order valence-electron chi connectivity index (χ4n) is 3.94. The van der Waals surface area contributed by atoms with E-state index >= 15 is 0 Å². The summed E-state index contributed by atoms with van der Waals surface area (Å²) in [7, 11) is 0. The third-order valence-corrected chi connectivity index (χ3v) is 7.35. The standard InChI is InChI=1S/C25H40O2/c1-16(23(5,6)7)12-11-14-24(8,9)25(10)15-13-20-19(4)21(26)17(2)18(3)22(20)27-25/h12,26H,11,13-15H2,1-10H3. The van der Waals surface area contributed by atoms with Crippen LogP contribution in [-0.4, -0.2) is 10.7 Å². The summed E-state index contributed by atoms with van der Waals surface area (Å²) in [5.74, 6) is 1.44. The topological polar surface area (TPSA) is 29.5 Å². The van der Waals surface area contributed by atoms with Gasteiger partial charge in [-0.2, -0.15) is 0 Å². The molecule has 0 spiro atoms.